The van der Waals surface area contributed by atoms with E-state index in [-0.39, 0.29) is 17.5 Å². The SMILES string of the molecule is Cc1ccc(=O)n(CCC(=O)NC(C)C)c1. The van der Waals surface area contributed by atoms with Crippen LogP contribution in [-0.4, -0.2) is 16.5 Å². The monoisotopic (exact) mass is 222 g/mol. The molecule has 1 heterocycles. The number of aromatic nitrogens is 1. The van der Waals surface area contributed by atoms with Gasteiger partial charge >= 0.3 is 0 Å². The summed E-state index contributed by atoms with van der Waals surface area (Å²) in [5.74, 6) is -0.0246. The van der Waals surface area contributed by atoms with Gasteiger partial charge in [-0.25, -0.2) is 0 Å². The maximum atomic E-state index is 11.4. The molecule has 1 aromatic heterocycles. The molecule has 0 bridgehead atoms. The van der Waals surface area contributed by atoms with Crippen LogP contribution in [0.25, 0.3) is 0 Å². The Balaban J connectivity index is 2.58. The highest BCUT2D eigenvalue weighted by Crippen LogP contribution is 1.94. The minimum atomic E-state index is -0.0667. The summed E-state index contributed by atoms with van der Waals surface area (Å²) in [7, 11) is 0. The van der Waals surface area contributed by atoms with Gasteiger partial charge in [-0.05, 0) is 26.3 Å². The molecule has 0 aliphatic heterocycles. The summed E-state index contributed by atoms with van der Waals surface area (Å²) in [6, 6.07) is 3.43. The number of amides is 1. The van der Waals surface area contributed by atoms with Crippen molar-refractivity contribution in [3.8, 4) is 0 Å². The number of carbonyl (C=O) groups excluding carboxylic acids is 1. The second-order valence-electron chi connectivity index (χ2n) is 4.21. The van der Waals surface area contributed by atoms with E-state index in [1.807, 2.05) is 20.8 Å². The topological polar surface area (TPSA) is 51.1 Å². The van der Waals surface area contributed by atoms with E-state index in [2.05, 4.69) is 5.32 Å². The third kappa shape index (κ3) is 3.88. The van der Waals surface area contributed by atoms with Gasteiger partial charge in [-0.1, -0.05) is 6.07 Å². The quantitative estimate of drug-likeness (QED) is 0.828. The normalized spacial score (nSPS) is 10.5. The summed E-state index contributed by atoms with van der Waals surface area (Å²) in [6.07, 6.45) is 2.10. The van der Waals surface area contributed by atoms with Crippen molar-refractivity contribution >= 4 is 5.91 Å². The van der Waals surface area contributed by atoms with Crippen molar-refractivity contribution in [1.29, 1.82) is 0 Å². The average molecular weight is 222 g/mol. The van der Waals surface area contributed by atoms with E-state index in [0.29, 0.717) is 13.0 Å². The van der Waals surface area contributed by atoms with Crippen molar-refractivity contribution in [1.82, 2.24) is 9.88 Å². The Bertz CT molecular complexity index is 421. The third-order valence-electron chi connectivity index (χ3n) is 2.16. The van der Waals surface area contributed by atoms with Gasteiger partial charge in [0, 0.05) is 31.3 Å². The molecule has 1 amide bonds. The van der Waals surface area contributed by atoms with Gasteiger partial charge in [-0.3, -0.25) is 9.59 Å². The maximum Gasteiger partial charge on any atom is 0.250 e. The number of hydrogen-bond donors (Lipinski definition) is 1. The van der Waals surface area contributed by atoms with Crippen LogP contribution in [0.2, 0.25) is 0 Å². The highest BCUT2D eigenvalue weighted by atomic mass is 16.2. The zero-order valence-corrected chi connectivity index (χ0v) is 9.99. The van der Waals surface area contributed by atoms with E-state index in [9.17, 15) is 9.59 Å². The minimum Gasteiger partial charge on any atom is -0.354 e. The standard InChI is InChI=1S/C12H18N2O2/c1-9(2)13-11(15)6-7-14-8-10(3)4-5-12(14)16/h4-5,8-9H,6-7H2,1-3H3,(H,13,15). The second-order valence-corrected chi connectivity index (χ2v) is 4.21. The molecule has 0 radical (unpaired) electrons. The fraction of sp³-hybridized carbons (Fsp3) is 0.500. The summed E-state index contributed by atoms with van der Waals surface area (Å²) in [5, 5.41) is 2.79. The van der Waals surface area contributed by atoms with Crippen molar-refractivity contribution in [2.75, 3.05) is 0 Å². The van der Waals surface area contributed by atoms with Crippen LogP contribution >= 0.6 is 0 Å². The summed E-state index contributed by atoms with van der Waals surface area (Å²) < 4.78 is 1.56. The van der Waals surface area contributed by atoms with Crippen molar-refractivity contribution in [2.45, 2.75) is 39.8 Å². The average Bonchev–Trinajstić information content (AvgIpc) is 2.18. The van der Waals surface area contributed by atoms with Crippen LogP contribution in [0, 0.1) is 6.92 Å². The van der Waals surface area contributed by atoms with Gasteiger partial charge < -0.3 is 9.88 Å². The molecule has 16 heavy (non-hydrogen) atoms. The molecule has 4 nitrogen and oxygen atoms in total. The lowest BCUT2D eigenvalue weighted by atomic mass is 10.3. The van der Waals surface area contributed by atoms with Crippen LogP contribution in [-0.2, 0) is 11.3 Å². The number of aryl methyl sites for hydroxylation is 2. The number of carbonyl (C=O) groups is 1. The van der Waals surface area contributed by atoms with E-state index < -0.39 is 0 Å². The first-order valence-corrected chi connectivity index (χ1v) is 5.45. The summed E-state index contributed by atoms with van der Waals surface area (Å²) in [4.78, 5) is 22.8. The van der Waals surface area contributed by atoms with Crippen LogP contribution in [0.4, 0.5) is 0 Å². The minimum absolute atomic E-state index is 0.0246. The molecule has 1 rings (SSSR count). The summed E-state index contributed by atoms with van der Waals surface area (Å²) in [5.41, 5.74) is 0.951. The van der Waals surface area contributed by atoms with Crippen LogP contribution in [0.1, 0.15) is 25.8 Å². The number of nitrogens with zero attached hydrogens (tertiary/aromatic N) is 1. The summed E-state index contributed by atoms with van der Waals surface area (Å²) >= 11 is 0. The Labute approximate surface area is 95.3 Å². The van der Waals surface area contributed by atoms with Crippen LogP contribution in [0.3, 0.4) is 0 Å². The lowest BCUT2D eigenvalue weighted by Gasteiger charge is -2.09. The van der Waals surface area contributed by atoms with Crippen molar-refractivity contribution in [2.24, 2.45) is 0 Å². The molecule has 0 saturated carbocycles. The maximum absolute atomic E-state index is 11.4. The molecule has 4 heteroatoms. The fourth-order valence-electron chi connectivity index (χ4n) is 1.44. The molecule has 0 fully saturated rings. The number of pyridine rings is 1. The number of nitrogens with one attached hydrogen (secondary N) is 1. The first kappa shape index (κ1) is 12.5. The molecule has 0 saturated heterocycles. The zero-order valence-electron chi connectivity index (χ0n) is 9.99. The molecule has 1 aromatic rings. The Hall–Kier alpha value is -1.58. The molecule has 0 aromatic carbocycles. The zero-order chi connectivity index (χ0) is 12.1. The Kier molecular flexibility index (Phi) is 4.28. The van der Waals surface area contributed by atoms with Crippen molar-refractivity contribution in [3.63, 3.8) is 0 Å². The molecular formula is C12H18N2O2. The van der Waals surface area contributed by atoms with Gasteiger partial charge in [0.15, 0.2) is 0 Å². The van der Waals surface area contributed by atoms with Gasteiger partial charge in [0.1, 0.15) is 0 Å². The van der Waals surface area contributed by atoms with E-state index in [0.717, 1.165) is 5.56 Å². The number of hydrogen-bond acceptors (Lipinski definition) is 2. The molecule has 1 N–H and O–H groups in total. The predicted molar refractivity (Wildman–Crippen MR) is 63.3 cm³/mol. The highest BCUT2D eigenvalue weighted by molar-refractivity contribution is 5.76. The molecule has 0 unspecified atom stereocenters. The lowest BCUT2D eigenvalue weighted by molar-refractivity contribution is -0.121. The first-order valence-electron chi connectivity index (χ1n) is 5.45. The van der Waals surface area contributed by atoms with E-state index in [1.54, 1.807) is 16.8 Å². The molecule has 0 atom stereocenters. The fourth-order valence-corrected chi connectivity index (χ4v) is 1.44. The smallest absolute Gasteiger partial charge is 0.250 e. The molecule has 88 valence electrons. The van der Waals surface area contributed by atoms with Gasteiger partial charge in [0.25, 0.3) is 5.56 Å². The van der Waals surface area contributed by atoms with Gasteiger partial charge in [-0.2, -0.15) is 0 Å². The van der Waals surface area contributed by atoms with E-state index in [4.69, 9.17) is 0 Å². The Morgan fingerprint density at radius 3 is 2.75 bits per heavy atom. The van der Waals surface area contributed by atoms with E-state index >= 15 is 0 Å². The van der Waals surface area contributed by atoms with Crippen LogP contribution < -0.4 is 10.9 Å². The van der Waals surface area contributed by atoms with E-state index in [1.165, 1.54) is 6.07 Å². The number of rotatable bonds is 4. The Morgan fingerprint density at radius 1 is 1.44 bits per heavy atom. The van der Waals surface area contributed by atoms with Crippen LogP contribution in [0.5, 0.6) is 0 Å². The molecule has 0 spiro atoms. The molecule has 0 aliphatic carbocycles. The van der Waals surface area contributed by atoms with Gasteiger partial charge in [0.05, 0.1) is 0 Å². The predicted octanol–water partition coefficient (Wildman–Crippen LogP) is 1.07. The third-order valence-corrected chi connectivity index (χ3v) is 2.16. The lowest BCUT2D eigenvalue weighted by Crippen LogP contribution is -2.31. The van der Waals surface area contributed by atoms with Gasteiger partial charge in [0.2, 0.25) is 5.91 Å². The van der Waals surface area contributed by atoms with Crippen molar-refractivity contribution in [3.05, 3.63) is 34.2 Å². The van der Waals surface area contributed by atoms with Gasteiger partial charge in [-0.15, -0.1) is 0 Å². The molecule has 0 aliphatic rings. The second kappa shape index (κ2) is 5.49. The molecular weight excluding hydrogens is 204 g/mol. The van der Waals surface area contributed by atoms with Crippen LogP contribution in [0.15, 0.2) is 23.1 Å². The summed E-state index contributed by atoms with van der Waals surface area (Å²) in [6.45, 7) is 6.18. The largest absolute Gasteiger partial charge is 0.354 e. The first-order chi connectivity index (χ1) is 7.49. The van der Waals surface area contributed by atoms with Crippen molar-refractivity contribution < 1.29 is 4.79 Å². The highest BCUT2D eigenvalue weighted by Gasteiger charge is 2.04. The Morgan fingerprint density at radius 2 is 2.12 bits per heavy atom.